The van der Waals surface area contributed by atoms with Crippen LogP contribution >= 0.6 is 11.3 Å². The summed E-state index contributed by atoms with van der Waals surface area (Å²) in [5.74, 6) is 0. The Morgan fingerprint density at radius 2 is 2.17 bits per heavy atom. The molecule has 5 nitrogen and oxygen atoms in total. The van der Waals surface area contributed by atoms with Crippen LogP contribution in [-0.2, 0) is 26.1 Å². The van der Waals surface area contributed by atoms with Gasteiger partial charge in [0.15, 0.2) is 0 Å². The van der Waals surface area contributed by atoms with E-state index in [0.29, 0.717) is 6.54 Å². The van der Waals surface area contributed by atoms with Gasteiger partial charge >= 0.3 is 0 Å². The topological polar surface area (TPSA) is 68.8 Å². The lowest BCUT2D eigenvalue weighted by atomic mass is 10.3. The lowest BCUT2D eigenvalue weighted by Gasteiger charge is -1.99. The lowest BCUT2D eigenvalue weighted by molar-refractivity contribution is 0.598. The van der Waals surface area contributed by atoms with Gasteiger partial charge in [0, 0.05) is 35.6 Å². The third-order valence-corrected chi connectivity index (χ3v) is 3.84. The first kappa shape index (κ1) is 13.2. The first-order valence-electron chi connectivity index (χ1n) is 6.19. The van der Waals surface area contributed by atoms with Crippen molar-refractivity contribution in [3.05, 3.63) is 33.8 Å². The van der Waals surface area contributed by atoms with Crippen LogP contribution in [0.15, 0.2) is 18.3 Å². The van der Waals surface area contributed by atoms with Crippen LogP contribution in [0.25, 0.3) is 0 Å². The molecule has 0 aliphatic rings. The minimum atomic E-state index is 0.589. The molecule has 0 atom stereocenters. The monoisotopic (exact) mass is 265 g/mol. The SMILES string of the molecule is CCc1ccc(CNCc2cn(CCN)nn2)s1. The number of nitrogens with two attached hydrogens (primary N) is 1. The first-order chi connectivity index (χ1) is 8.81. The van der Waals surface area contributed by atoms with E-state index in [1.54, 1.807) is 4.68 Å². The molecule has 2 aromatic heterocycles. The number of hydrogen-bond donors (Lipinski definition) is 2. The van der Waals surface area contributed by atoms with Crippen LogP contribution in [0.4, 0.5) is 0 Å². The molecule has 0 amide bonds. The summed E-state index contributed by atoms with van der Waals surface area (Å²) in [6.07, 6.45) is 3.05. The molecule has 2 rings (SSSR count). The Morgan fingerprint density at radius 1 is 1.33 bits per heavy atom. The fourth-order valence-corrected chi connectivity index (χ4v) is 2.61. The number of nitrogens with zero attached hydrogens (tertiary/aromatic N) is 3. The van der Waals surface area contributed by atoms with Gasteiger partial charge in [-0.05, 0) is 18.6 Å². The van der Waals surface area contributed by atoms with Crippen LogP contribution in [0.5, 0.6) is 0 Å². The van der Waals surface area contributed by atoms with Crippen LogP contribution in [0.2, 0.25) is 0 Å². The molecule has 0 aliphatic carbocycles. The number of nitrogens with one attached hydrogen (secondary N) is 1. The summed E-state index contributed by atoms with van der Waals surface area (Å²) in [5, 5.41) is 11.5. The molecule has 0 aliphatic heterocycles. The molecular formula is C12H19N5S. The van der Waals surface area contributed by atoms with E-state index in [9.17, 15) is 0 Å². The maximum absolute atomic E-state index is 5.46. The van der Waals surface area contributed by atoms with Crippen molar-refractivity contribution in [2.75, 3.05) is 6.54 Å². The Balaban J connectivity index is 1.77. The quantitative estimate of drug-likeness (QED) is 0.788. The maximum Gasteiger partial charge on any atom is 0.0964 e. The third kappa shape index (κ3) is 3.63. The van der Waals surface area contributed by atoms with Crippen molar-refractivity contribution in [1.29, 1.82) is 0 Å². The summed E-state index contributed by atoms with van der Waals surface area (Å²) in [7, 11) is 0. The molecule has 2 heterocycles. The molecule has 18 heavy (non-hydrogen) atoms. The predicted octanol–water partition coefficient (Wildman–Crippen LogP) is 1.15. The van der Waals surface area contributed by atoms with Crippen molar-refractivity contribution in [3.63, 3.8) is 0 Å². The molecular weight excluding hydrogens is 246 g/mol. The Bertz CT molecular complexity index is 476. The van der Waals surface area contributed by atoms with E-state index < -0.39 is 0 Å². The van der Waals surface area contributed by atoms with Gasteiger partial charge in [-0.15, -0.1) is 16.4 Å². The summed E-state index contributed by atoms with van der Waals surface area (Å²) >= 11 is 1.86. The molecule has 0 saturated heterocycles. The van der Waals surface area contributed by atoms with Crippen molar-refractivity contribution >= 4 is 11.3 Å². The Kier molecular flexibility index (Phi) is 4.86. The highest BCUT2D eigenvalue weighted by Gasteiger charge is 2.01. The van der Waals surface area contributed by atoms with Gasteiger partial charge in [0.2, 0.25) is 0 Å². The average molecular weight is 265 g/mol. The third-order valence-electron chi connectivity index (χ3n) is 2.62. The molecule has 0 spiro atoms. The second-order valence-electron chi connectivity index (χ2n) is 4.09. The number of thiophene rings is 1. The molecule has 0 fully saturated rings. The second-order valence-corrected chi connectivity index (χ2v) is 5.34. The van der Waals surface area contributed by atoms with Crippen molar-refractivity contribution in [3.8, 4) is 0 Å². The normalized spacial score (nSPS) is 11.0. The van der Waals surface area contributed by atoms with Gasteiger partial charge in [-0.25, -0.2) is 0 Å². The zero-order valence-corrected chi connectivity index (χ0v) is 11.4. The van der Waals surface area contributed by atoms with Crippen LogP contribution < -0.4 is 11.1 Å². The number of aromatic nitrogens is 3. The van der Waals surface area contributed by atoms with Crippen molar-refractivity contribution in [2.24, 2.45) is 5.73 Å². The Morgan fingerprint density at radius 3 is 2.89 bits per heavy atom. The Hall–Kier alpha value is -1.24. The first-order valence-corrected chi connectivity index (χ1v) is 7.01. The van der Waals surface area contributed by atoms with Gasteiger partial charge in [0.25, 0.3) is 0 Å². The second kappa shape index (κ2) is 6.63. The van der Waals surface area contributed by atoms with Crippen molar-refractivity contribution in [1.82, 2.24) is 20.3 Å². The molecule has 6 heteroatoms. The summed E-state index contributed by atoms with van der Waals surface area (Å²) < 4.78 is 1.78. The van der Waals surface area contributed by atoms with E-state index in [4.69, 9.17) is 5.73 Å². The standard InChI is InChI=1S/C12H19N5S/c1-2-11-3-4-12(18-11)8-14-7-10-9-17(6-5-13)16-15-10/h3-4,9,14H,2,5-8,13H2,1H3. The zero-order valence-electron chi connectivity index (χ0n) is 10.6. The minimum Gasteiger partial charge on any atom is -0.329 e. The molecule has 0 radical (unpaired) electrons. The van der Waals surface area contributed by atoms with Crippen LogP contribution in [0, 0.1) is 0 Å². The summed E-state index contributed by atoms with van der Waals surface area (Å²) in [6.45, 7) is 5.11. The number of hydrogen-bond acceptors (Lipinski definition) is 5. The van der Waals surface area contributed by atoms with E-state index in [1.807, 2.05) is 17.5 Å². The van der Waals surface area contributed by atoms with Gasteiger partial charge in [0.1, 0.15) is 0 Å². The predicted molar refractivity (Wildman–Crippen MR) is 73.3 cm³/mol. The van der Waals surface area contributed by atoms with Gasteiger partial charge in [0.05, 0.1) is 12.2 Å². The highest BCUT2D eigenvalue weighted by molar-refractivity contribution is 7.11. The zero-order chi connectivity index (χ0) is 12.8. The van der Waals surface area contributed by atoms with E-state index in [2.05, 4.69) is 34.7 Å². The summed E-state index contributed by atoms with van der Waals surface area (Å²) in [5.41, 5.74) is 6.41. The molecule has 3 N–H and O–H groups in total. The molecule has 0 saturated carbocycles. The van der Waals surface area contributed by atoms with Crippen molar-refractivity contribution < 1.29 is 0 Å². The fourth-order valence-electron chi connectivity index (χ4n) is 1.68. The van der Waals surface area contributed by atoms with Gasteiger partial charge < -0.3 is 11.1 Å². The van der Waals surface area contributed by atoms with Gasteiger partial charge in [-0.3, -0.25) is 4.68 Å². The van der Waals surface area contributed by atoms with Gasteiger partial charge in [-0.1, -0.05) is 12.1 Å². The lowest BCUT2D eigenvalue weighted by Crippen LogP contribution is -2.12. The minimum absolute atomic E-state index is 0.589. The molecule has 98 valence electrons. The average Bonchev–Trinajstić information content (AvgIpc) is 2.99. The van der Waals surface area contributed by atoms with E-state index in [1.165, 1.54) is 9.75 Å². The van der Waals surface area contributed by atoms with E-state index >= 15 is 0 Å². The van der Waals surface area contributed by atoms with Crippen LogP contribution in [-0.4, -0.2) is 21.5 Å². The number of rotatable bonds is 7. The molecule has 0 unspecified atom stereocenters. The summed E-state index contributed by atoms with van der Waals surface area (Å²) in [4.78, 5) is 2.79. The fraction of sp³-hybridized carbons (Fsp3) is 0.500. The van der Waals surface area contributed by atoms with Crippen LogP contribution in [0.1, 0.15) is 22.4 Å². The van der Waals surface area contributed by atoms with Gasteiger partial charge in [-0.2, -0.15) is 0 Å². The van der Waals surface area contributed by atoms with E-state index in [0.717, 1.165) is 31.7 Å². The van der Waals surface area contributed by atoms with E-state index in [-0.39, 0.29) is 0 Å². The largest absolute Gasteiger partial charge is 0.329 e. The maximum atomic E-state index is 5.46. The highest BCUT2D eigenvalue weighted by atomic mass is 32.1. The number of aryl methyl sites for hydroxylation is 1. The van der Waals surface area contributed by atoms with Crippen molar-refractivity contribution in [2.45, 2.75) is 33.0 Å². The Labute approximate surface area is 111 Å². The molecule has 2 aromatic rings. The summed E-state index contributed by atoms with van der Waals surface area (Å²) in [6, 6.07) is 4.38. The molecule has 0 aromatic carbocycles. The highest BCUT2D eigenvalue weighted by Crippen LogP contribution is 2.16. The van der Waals surface area contributed by atoms with Crippen LogP contribution in [0.3, 0.4) is 0 Å². The smallest absolute Gasteiger partial charge is 0.0964 e. The molecule has 0 bridgehead atoms.